The molecule has 1 amide bonds. The van der Waals surface area contributed by atoms with Crippen molar-refractivity contribution < 1.29 is 18.3 Å². The largest absolute Gasteiger partial charge is 0.497 e. The minimum absolute atomic E-state index is 0.113. The van der Waals surface area contributed by atoms with E-state index in [1.807, 2.05) is 0 Å². The van der Waals surface area contributed by atoms with Crippen molar-refractivity contribution in [1.29, 1.82) is 0 Å². The average Bonchev–Trinajstić information content (AvgIpc) is 2.60. The van der Waals surface area contributed by atoms with Crippen LogP contribution in [0.3, 0.4) is 0 Å². The zero-order valence-corrected chi connectivity index (χ0v) is 13.3. The molecule has 25 heavy (non-hydrogen) atoms. The fourth-order valence-corrected chi connectivity index (χ4v) is 2.68. The molecule has 2 aromatic carbocycles. The standard InChI is InChI=1S/C18H14F2N2O3/c1-25-11-4-2-10(3-5-11)8-22-9-12(18(21)24)17(23)15-13(19)6-7-14(20)16(15)22/h2-7,9H,8H2,1H3,(H2,21,24). The summed E-state index contributed by atoms with van der Waals surface area (Å²) in [5, 5.41) is -0.496. The number of rotatable bonds is 4. The number of halogens is 2. The lowest BCUT2D eigenvalue weighted by Gasteiger charge is -2.14. The first-order valence-electron chi connectivity index (χ1n) is 7.36. The molecule has 2 N–H and O–H groups in total. The van der Waals surface area contributed by atoms with Crippen molar-refractivity contribution in [3.8, 4) is 5.75 Å². The van der Waals surface area contributed by atoms with E-state index in [4.69, 9.17) is 10.5 Å². The highest BCUT2D eigenvalue weighted by atomic mass is 19.1. The van der Waals surface area contributed by atoms with Gasteiger partial charge in [-0.3, -0.25) is 9.59 Å². The third kappa shape index (κ3) is 2.96. The summed E-state index contributed by atoms with van der Waals surface area (Å²) in [5.74, 6) is -2.03. The molecule has 0 spiro atoms. The number of ether oxygens (including phenoxy) is 1. The highest BCUT2D eigenvalue weighted by molar-refractivity contribution is 5.96. The number of pyridine rings is 1. The molecule has 0 aliphatic heterocycles. The Balaban J connectivity index is 2.25. The molecule has 0 bridgehead atoms. The Kier molecular flexibility index (Phi) is 4.22. The topological polar surface area (TPSA) is 74.3 Å². The first-order chi connectivity index (χ1) is 11.9. The molecule has 3 rings (SSSR count). The van der Waals surface area contributed by atoms with E-state index in [-0.39, 0.29) is 12.1 Å². The molecule has 1 heterocycles. The second-order valence-corrected chi connectivity index (χ2v) is 5.46. The van der Waals surface area contributed by atoms with E-state index in [9.17, 15) is 18.4 Å². The van der Waals surface area contributed by atoms with Gasteiger partial charge in [0, 0.05) is 12.7 Å². The average molecular weight is 344 g/mol. The number of fused-ring (bicyclic) bond motifs is 1. The van der Waals surface area contributed by atoms with Gasteiger partial charge in [0.25, 0.3) is 5.91 Å². The second-order valence-electron chi connectivity index (χ2n) is 5.46. The first kappa shape index (κ1) is 16.6. The lowest BCUT2D eigenvalue weighted by atomic mass is 10.1. The van der Waals surface area contributed by atoms with Crippen LogP contribution in [0.4, 0.5) is 8.78 Å². The number of hydrogen-bond acceptors (Lipinski definition) is 3. The fourth-order valence-electron chi connectivity index (χ4n) is 2.68. The number of aromatic nitrogens is 1. The van der Waals surface area contributed by atoms with Gasteiger partial charge in [-0.1, -0.05) is 12.1 Å². The predicted molar refractivity (Wildman–Crippen MR) is 88.7 cm³/mol. The van der Waals surface area contributed by atoms with Crippen LogP contribution in [0.25, 0.3) is 10.9 Å². The molecule has 0 saturated carbocycles. The van der Waals surface area contributed by atoms with Gasteiger partial charge in [-0.15, -0.1) is 0 Å². The minimum atomic E-state index is -1.00. The molecule has 128 valence electrons. The van der Waals surface area contributed by atoms with Crippen LogP contribution in [0.1, 0.15) is 15.9 Å². The number of nitrogens with two attached hydrogens (primary N) is 1. The van der Waals surface area contributed by atoms with E-state index in [1.54, 1.807) is 24.3 Å². The van der Waals surface area contributed by atoms with E-state index < -0.39 is 33.9 Å². The maximum absolute atomic E-state index is 14.3. The van der Waals surface area contributed by atoms with Crippen molar-refractivity contribution in [2.45, 2.75) is 6.54 Å². The van der Waals surface area contributed by atoms with Crippen molar-refractivity contribution in [3.05, 3.63) is 75.6 Å². The van der Waals surface area contributed by atoms with E-state index in [0.717, 1.165) is 23.9 Å². The molecular formula is C18H14F2N2O3. The number of carbonyl (C=O) groups is 1. The van der Waals surface area contributed by atoms with E-state index in [1.165, 1.54) is 11.7 Å². The van der Waals surface area contributed by atoms with Crippen molar-refractivity contribution in [3.63, 3.8) is 0 Å². The van der Waals surface area contributed by atoms with Crippen molar-refractivity contribution in [1.82, 2.24) is 4.57 Å². The number of primary amides is 1. The van der Waals surface area contributed by atoms with Gasteiger partial charge in [-0.2, -0.15) is 0 Å². The minimum Gasteiger partial charge on any atom is -0.497 e. The van der Waals surface area contributed by atoms with Gasteiger partial charge in [0.1, 0.15) is 22.9 Å². The Morgan fingerprint density at radius 3 is 2.36 bits per heavy atom. The summed E-state index contributed by atoms with van der Waals surface area (Å²) in [6, 6.07) is 8.69. The van der Waals surface area contributed by atoms with Gasteiger partial charge in [0.05, 0.1) is 18.0 Å². The summed E-state index contributed by atoms with van der Waals surface area (Å²) >= 11 is 0. The van der Waals surface area contributed by atoms with Crippen LogP contribution in [0, 0.1) is 11.6 Å². The maximum Gasteiger partial charge on any atom is 0.254 e. The van der Waals surface area contributed by atoms with Gasteiger partial charge >= 0.3 is 0 Å². The number of nitrogens with zero attached hydrogens (tertiary/aromatic N) is 1. The molecule has 0 fully saturated rings. The van der Waals surface area contributed by atoms with E-state index in [0.29, 0.717) is 5.75 Å². The molecule has 0 saturated heterocycles. The van der Waals surface area contributed by atoms with Gasteiger partial charge in [-0.25, -0.2) is 8.78 Å². The summed E-state index contributed by atoms with van der Waals surface area (Å²) in [5.41, 5.74) is 4.41. The molecule has 0 atom stereocenters. The molecule has 7 heteroatoms. The summed E-state index contributed by atoms with van der Waals surface area (Å²) in [6.45, 7) is 0.113. The highest BCUT2D eigenvalue weighted by Crippen LogP contribution is 2.21. The van der Waals surface area contributed by atoms with Gasteiger partial charge in [0.2, 0.25) is 5.43 Å². The van der Waals surface area contributed by atoms with Crippen molar-refractivity contribution >= 4 is 16.8 Å². The van der Waals surface area contributed by atoms with Crippen LogP contribution in [0.15, 0.2) is 47.4 Å². The molecule has 1 aromatic heterocycles. The molecule has 5 nitrogen and oxygen atoms in total. The number of hydrogen-bond donors (Lipinski definition) is 1. The Bertz CT molecular complexity index is 1030. The monoisotopic (exact) mass is 344 g/mol. The predicted octanol–water partition coefficient (Wildman–Crippen LogP) is 2.44. The van der Waals surface area contributed by atoms with Crippen LogP contribution >= 0.6 is 0 Å². The van der Waals surface area contributed by atoms with Crippen LogP contribution in [-0.4, -0.2) is 17.6 Å². The van der Waals surface area contributed by atoms with Crippen LogP contribution < -0.4 is 15.9 Å². The zero-order valence-electron chi connectivity index (χ0n) is 13.3. The van der Waals surface area contributed by atoms with Crippen LogP contribution in [-0.2, 0) is 6.54 Å². The highest BCUT2D eigenvalue weighted by Gasteiger charge is 2.19. The van der Waals surface area contributed by atoms with Crippen molar-refractivity contribution in [2.75, 3.05) is 7.11 Å². The molecular weight excluding hydrogens is 330 g/mol. The number of amides is 1. The normalized spacial score (nSPS) is 10.8. The number of methoxy groups -OCH3 is 1. The molecule has 0 radical (unpaired) electrons. The SMILES string of the molecule is COc1ccc(Cn2cc(C(N)=O)c(=O)c3c(F)ccc(F)c32)cc1. The Hall–Kier alpha value is -3.22. The zero-order chi connectivity index (χ0) is 18.1. The fraction of sp³-hybridized carbons (Fsp3) is 0.111. The van der Waals surface area contributed by atoms with Crippen molar-refractivity contribution in [2.24, 2.45) is 5.73 Å². The van der Waals surface area contributed by atoms with Gasteiger partial charge in [0.15, 0.2) is 0 Å². The Labute approximate surface area is 141 Å². The number of benzene rings is 2. The summed E-state index contributed by atoms with van der Waals surface area (Å²) in [4.78, 5) is 23.8. The smallest absolute Gasteiger partial charge is 0.254 e. The summed E-state index contributed by atoms with van der Waals surface area (Å²) < 4.78 is 34.8. The van der Waals surface area contributed by atoms with Gasteiger partial charge in [-0.05, 0) is 29.8 Å². The quantitative estimate of drug-likeness (QED) is 0.790. The number of carbonyl (C=O) groups excluding carboxylic acids is 1. The first-order valence-corrected chi connectivity index (χ1v) is 7.36. The molecule has 3 aromatic rings. The van der Waals surface area contributed by atoms with Crippen LogP contribution in [0.5, 0.6) is 5.75 Å². The van der Waals surface area contributed by atoms with E-state index in [2.05, 4.69) is 0 Å². The second kappa shape index (κ2) is 6.35. The lowest BCUT2D eigenvalue weighted by Crippen LogP contribution is -2.25. The van der Waals surface area contributed by atoms with Crippen LogP contribution in [0.2, 0.25) is 0 Å². The third-order valence-electron chi connectivity index (χ3n) is 3.90. The van der Waals surface area contributed by atoms with E-state index >= 15 is 0 Å². The molecule has 0 unspecified atom stereocenters. The Morgan fingerprint density at radius 2 is 1.76 bits per heavy atom. The van der Waals surface area contributed by atoms with Gasteiger partial charge < -0.3 is 15.0 Å². The maximum atomic E-state index is 14.3. The summed E-state index contributed by atoms with van der Waals surface area (Å²) in [6.07, 6.45) is 1.15. The Morgan fingerprint density at radius 1 is 1.12 bits per heavy atom. The molecule has 0 aliphatic rings. The summed E-state index contributed by atoms with van der Waals surface area (Å²) in [7, 11) is 1.53. The molecule has 0 aliphatic carbocycles. The lowest BCUT2D eigenvalue weighted by molar-refractivity contribution is 0.0998. The third-order valence-corrected chi connectivity index (χ3v) is 3.90.